The smallest absolute Gasteiger partial charge is 0.272 e. The highest BCUT2D eigenvalue weighted by molar-refractivity contribution is 5.95. The zero-order valence-corrected chi connectivity index (χ0v) is 12.8. The number of nitrogens with zero attached hydrogens (tertiary/aromatic N) is 3. The first-order valence-electron chi connectivity index (χ1n) is 6.15. The molecule has 0 spiro atoms. The number of hydrogen-bond donors (Lipinski definition) is 3. The van der Waals surface area contributed by atoms with Crippen molar-refractivity contribution in [2.24, 2.45) is 5.10 Å². The molecule has 0 radical (unpaired) electrons. The predicted molar refractivity (Wildman–Crippen MR) is 86.7 cm³/mol. The number of aromatic hydroxyl groups is 1. The second kappa shape index (κ2) is 10.7. The van der Waals surface area contributed by atoms with Crippen LogP contribution in [0.2, 0.25) is 0 Å². The maximum Gasteiger partial charge on any atom is 0.272 e. The van der Waals surface area contributed by atoms with Crippen LogP contribution < -0.4 is 5.43 Å². The molecule has 10 heteroatoms. The Bertz CT molecular complexity index is 678. The monoisotopic (exact) mass is 340 g/mol. The molecule has 0 saturated heterocycles. The lowest BCUT2D eigenvalue weighted by molar-refractivity contribution is 0.0954. The Balaban J connectivity index is 0. The van der Waals surface area contributed by atoms with Crippen LogP contribution in [0, 0.1) is 6.92 Å². The van der Waals surface area contributed by atoms with Gasteiger partial charge >= 0.3 is 0 Å². The molecule has 0 atom stereocenters. The third-order valence-corrected chi connectivity index (χ3v) is 2.81. The molecule has 2 heterocycles. The van der Waals surface area contributed by atoms with E-state index >= 15 is 0 Å². The van der Waals surface area contributed by atoms with Crippen LogP contribution in [0.1, 0.15) is 27.2 Å². The van der Waals surface area contributed by atoms with Gasteiger partial charge < -0.3 is 26.6 Å². The molecule has 0 unspecified atom stereocenters. The van der Waals surface area contributed by atoms with Gasteiger partial charge in [-0.2, -0.15) is 5.10 Å². The van der Waals surface area contributed by atoms with Crippen LogP contribution in [0.25, 0.3) is 0 Å². The molecule has 2 aromatic rings. The maximum absolute atomic E-state index is 11.8. The van der Waals surface area contributed by atoms with E-state index in [9.17, 15) is 15.0 Å². The van der Waals surface area contributed by atoms with Gasteiger partial charge in [-0.15, -0.1) is 0 Å². The van der Waals surface area contributed by atoms with E-state index in [4.69, 9.17) is 0 Å². The summed E-state index contributed by atoms with van der Waals surface area (Å²) in [5.74, 6) is -0.504. The molecule has 0 bridgehead atoms. The summed E-state index contributed by atoms with van der Waals surface area (Å²) in [5.41, 5.74) is 3.83. The Morgan fingerprint density at radius 1 is 1.33 bits per heavy atom. The van der Waals surface area contributed by atoms with Gasteiger partial charge in [0.1, 0.15) is 5.75 Å². The topological polar surface area (TPSA) is 202 Å². The van der Waals surface area contributed by atoms with Gasteiger partial charge in [0.2, 0.25) is 0 Å². The highest BCUT2D eigenvalue weighted by atomic mass is 16.3. The van der Waals surface area contributed by atoms with Gasteiger partial charge in [0.25, 0.3) is 5.91 Å². The molecule has 0 fully saturated rings. The van der Waals surface area contributed by atoms with Crippen molar-refractivity contribution in [1.82, 2.24) is 15.4 Å². The third-order valence-electron chi connectivity index (χ3n) is 2.81. The van der Waals surface area contributed by atoms with Crippen molar-refractivity contribution in [3.05, 3.63) is 53.1 Å². The van der Waals surface area contributed by atoms with Gasteiger partial charge in [-0.25, -0.2) is 5.43 Å². The van der Waals surface area contributed by atoms with Crippen molar-refractivity contribution in [2.75, 3.05) is 0 Å². The SMILES string of the molecule is Cc1ncc(CO)c(/C=N/NC(=O)c2cccnc2)c1O.O.O.O. The van der Waals surface area contributed by atoms with Crippen molar-refractivity contribution in [3.63, 3.8) is 0 Å². The van der Waals surface area contributed by atoms with E-state index in [1.165, 1.54) is 18.6 Å². The van der Waals surface area contributed by atoms with E-state index < -0.39 is 5.91 Å². The Kier molecular flexibility index (Phi) is 10.5. The van der Waals surface area contributed by atoms with Gasteiger partial charge in [0, 0.05) is 29.7 Å². The highest BCUT2D eigenvalue weighted by Gasteiger charge is 2.09. The van der Waals surface area contributed by atoms with Crippen LogP contribution in [0.3, 0.4) is 0 Å². The summed E-state index contributed by atoms with van der Waals surface area (Å²) in [6.45, 7) is 1.33. The van der Waals surface area contributed by atoms with Crippen molar-refractivity contribution in [2.45, 2.75) is 13.5 Å². The van der Waals surface area contributed by atoms with Crippen LogP contribution in [0.15, 0.2) is 35.8 Å². The van der Waals surface area contributed by atoms with E-state index in [-0.39, 0.29) is 28.8 Å². The molecular formula is C14H20N4O6. The number of aryl methyl sites for hydroxylation is 1. The minimum absolute atomic E-state index is 0. The summed E-state index contributed by atoms with van der Waals surface area (Å²) in [6, 6.07) is 3.24. The second-order valence-electron chi connectivity index (χ2n) is 4.23. The van der Waals surface area contributed by atoms with Crippen LogP contribution >= 0.6 is 0 Å². The van der Waals surface area contributed by atoms with Gasteiger partial charge in [0.05, 0.1) is 24.1 Å². The minimum atomic E-state index is -0.421. The average molecular weight is 340 g/mol. The molecule has 132 valence electrons. The number of aliphatic hydroxyl groups is 1. The Labute approximate surface area is 137 Å². The lowest BCUT2D eigenvalue weighted by Crippen LogP contribution is -2.17. The van der Waals surface area contributed by atoms with Crippen LogP contribution in [-0.2, 0) is 6.61 Å². The number of hydrogen-bond acceptors (Lipinski definition) is 6. The van der Waals surface area contributed by atoms with E-state index in [1.807, 2.05) is 0 Å². The number of carbonyl (C=O) groups excluding carboxylic acids is 1. The zero-order chi connectivity index (χ0) is 15.2. The first-order valence-corrected chi connectivity index (χ1v) is 6.15. The number of aliphatic hydroxyl groups excluding tert-OH is 1. The number of rotatable bonds is 4. The molecule has 0 aromatic carbocycles. The van der Waals surface area contributed by atoms with Crippen molar-refractivity contribution >= 4 is 12.1 Å². The minimum Gasteiger partial charge on any atom is -0.505 e. The summed E-state index contributed by atoms with van der Waals surface area (Å²) in [6.07, 6.45) is 5.69. The van der Waals surface area contributed by atoms with Crippen molar-refractivity contribution in [3.8, 4) is 5.75 Å². The predicted octanol–water partition coefficient (Wildman–Crippen LogP) is -1.73. The van der Waals surface area contributed by atoms with E-state index in [0.29, 0.717) is 22.4 Å². The van der Waals surface area contributed by atoms with Gasteiger partial charge in [-0.3, -0.25) is 14.8 Å². The fourth-order valence-electron chi connectivity index (χ4n) is 1.64. The molecule has 0 aliphatic heterocycles. The first-order chi connectivity index (χ1) is 10.1. The molecule has 0 saturated carbocycles. The summed E-state index contributed by atoms with van der Waals surface area (Å²) in [5, 5.41) is 22.9. The average Bonchev–Trinajstić information content (AvgIpc) is 2.52. The Morgan fingerprint density at radius 2 is 2.04 bits per heavy atom. The number of pyridine rings is 2. The fourth-order valence-corrected chi connectivity index (χ4v) is 1.64. The molecule has 9 N–H and O–H groups in total. The van der Waals surface area contributed by atoms with Crippen molar-refractivity contribution < 1.29 is 31.4 Å². The normalized spacial score (nSPS) is 9.42. The number of amides is 1. The summed E-state index contributed by atoms with van der Waals surface area (Å²) in [4.78, 5) is 19.5. The van der Waals surface area contributed by atoms with Gasteiger partial charge in [0.15, 0.2) is 0 Å². The fraction of sp³-hybridized carbons (Fsp3) is 0.143. The third kappa shape index (κ3) is 5.37. The first kappa shape index (κ1) is 23.3. The largest absolute Gasteiger partial charge is 0.505 e. The second-order valence-corrected chi connectivity index (χ2v) is 4.23. The van der Waals surface area contributed by atoms with Gasteiger partial charge in [-0.05, 0) is 19.1 Å². The number of aromatic nitrogens is 2. The van der Waals surface area contributed by atoms with E-state index in [1.54, 1.807) is 25.3 Å². The molecule has 0 aliphatic rings. The van der Waals surface area contributed by atoms with Crippen molar-refractivity contribution in [1.29, 1.82) is 0 Å². The Morgan fingerprint density at radius 3 is 2.62 bits per heavy atom. The zero-order valence-electron chi connectivity index (χ0n) is 12.8. The lowest BCUT2D eigenvalue weighted by Gasteiger charge is -2.07. The number of carbonyl (C=O) groups is 1. The molecule has 0 aliphatic carbocycles. The molecule has 1 amide bonds. The quantitative estimate of drug-likeness (QED) is 0.437. The van der Waals surface area contributed by atoms with E-state index in [2.05, 4.69) is 20.5 Å². The molecule has 2 aromatic heterocycles. The molecule has 2 rings (SSSR count). The highest BCUT2D eigenvalue weighted by Crippen LogP contribution is 2.21. The lowest BCUT2D eigenvalue weighted by atomic mass is 10.1. The summed E-state index contributed by atoms with van der Waals surface area (Å²) in [7, 11) is 0. The van der Waals surface area contributed by atoms with Crippen LogP contribution in [0.4, 0.5) is 0 Å². The van der Waals surface area contributed by atoms with Crippen LogP contribution in [0.5, 0.6) is 5.75 Å². The Hall–Kier alpha value is -2.92. The van der Waals surface area contributed by atoms with E-state index in [0.717, 1.165) is 0 Å². The molecular weight excluding hydrogens is 320 g/mol. The summed E-state index contributed by atoms with van der Waals surface area (Å²) >= 11 is 0. The molecule has 24 heavy (non-hydrogen) atoms. The number of hydrazone groups is 1. The van der Waals surface area contributed by atoms with Crippen LogP contribution in [-0.4, -0.2) is 48.7 Å². The maximum atomic E-state index is 11.8. The summed E-state index contributed by atoms with van der Waals surface area (Å²) < 4.78 is 0. The van der Waals surface area contributed by atoms with Gasteiger partial charge in [-0.1, -0.05) is 0 Å². The molecule has 10 nitrogen and oxygen atoms in total. The number of nitrogens with one attached hydrogen (secondary N) is 1. The standard InChI is InChI=1S/C14H14N4O3.3H2O/c1-9-13(20)12(11(8-19)6-16-9)7-17-18-14(21)10-3-2-4-15-5-10;;;/h2-7,19-20H,8H2,1H3,(H,18,21);3*1H2/b17-7+;;;.